The van der Waals surface area contributed by atoms with Gasteiger partial charge >= 0.3 is 0 Å². The van der Waals surface area contributed by atoms with E-state index in [9.17, 15) is 4.79 Å². The van der Waals surface area contributed by atoms with Gasteiger partial charge in [-0.3, -0.25) is 4.79 Å². The van der Waals surface area contributed by atoms with E-state index in [4.69, 9.17) is 10.00 Å². The Balaban J connectivity index is 2.54. The maximum Gasteiger partial charge on any atom is 0.180 e. The second-order valence-corrected chi connectivity index (χ2v) is 3.24. The molecule has 0 saturated heterocycles. The number of ether oxygens (including phenoxy) is 1. The summed E-state index contributed by atoms with van der Waals surface area (Å²) in [5.41, 5.74) is 1.50. The molecule has 1 atom stereocenters. The van der Waals surface area contributed by atoms with Crippen LogP contribution in [0.4, 0.5) is 0 Å². The molecule has 1 aliphatic rings. The van der Waals surface area contributed by atoms with E-state index in [0.29, 0.717) is 17.7 Å². The summed E-state index contributed by atoms with van der Waals surface area (Å²) in [6.07, 6.45) is 0.481. The van der Waals surface area contributed by atoms with Crippen molar-refractivity contribution in [2.75, 3.05) is 7.11 Å². The minimum absolute atomic E-state index is 0.0820. The third-order valence-corrected chi connectivity index (χ3v) is 2.50. The highest BCUT2D eigenvalue weighted by Crippen LogP contribution is 2.33. The number of ketones is 1. The van der Waals surface area contributed by atoms with Crippen LogP contribution >= 0.6 is 0 Å². The zero-order valence-corrected chi connectivity index (χ0v) is 7.78. The number of nitriles is 1. The first-order valence-corrected chi connectivity index (χ1v) is 4.37. The normalized spacial score (nSPS) is 18.9. The number of carbonyl (C=O) groups excluding carboxylic acids is 1. The smallest absolute Gasteiger partial charge is 0.180 e. The molecule has 0 saturated carbocycles. The number of hydrogen-bond acceptors (Lipinski definition) is 3. The summed E-state index contributed by atoms with van der Waals surface area (Å²) in [4.78, 5) is 11.6. The fourth-order valence-electron chi connectivity index (χ4n) is 1.79. The molecule has 0 bridgehead atoms. The molecular formula is C11H9NO2. The minimum atomic E-state index is -0.527. The summed E-state index contributed by atoms with van der Waals surface area (Å²) in [6, 6.07) is 7.34. The maximum absolute atomic E-state index is 11.6. The van der Waals surface area contributed by atoms with E-state index < -0.39 is 5.92 Å². The Morgan fingerprint density at radius 3 is 3.00 bits per heavy atom. The molecule has 0 radical (unpaired) electrons. The zero-order valence-electron chi connectivity index (χ0n) is 7.78. The fraction of sp³-hybridized carbons (Fsp3) is 0.273. The molecule has 14 heavy (non-hydrogen) atoms. The van der Waals surface area contributed by atoms with Crippen molar-refractivity contribution < 1.29 is 9.53 Å². The van der Waals surface area contributed by atoms with E-state index in [2.05, 4.69) is 0 Å². The number of rotatable bonds is 1. The Hall–Kier alpha value is -1.82. The van der Waals surface area contributed by atoms with Crippen LogP contribution in [0.2, 0.25) is 0 Å². The van der Waals surface area contributed by atoms with Gasteiger partial charge in [0.15, 0.2) is 5.78 Å². The number of Topliss-reactive ketones (excluding diaryl/α,β-unsaturated/α-hetero) is 1. The molecule has 1 aliphatic carbocycles. The molecule has 3 heteroatoms. The van der Waals surface area contributed by atoms with Crippen LogP contribution < -0.4 is 4.74 Å². The summed E-state index contributed by atoms with van der Waals surface area (Å²) < 4.78 is 5.14. The van der Waals surface area contributed by atoms with Gasteiger partial charge < -0.3 is 4.74 Å². The Morgan fingerprint density at radius 1 is 1.57 bits per heavy atom. The molecule has 0 spiro atoms. The van der Waals surface area contributed by atoms with Gasteiger partial charge in [-0.2, -0.15) is 5.26 Å². The molecular weight excluding hydrogens is 178 g/mol. The van der Waals surface area contributed by atoms with Crippen LogP contribution in [0.3, 0.4) is 0 Å². The topological polar surface area (TPSA) is 50.1 Å². The van der Waals surface area contributed by atoms with Crippen molar-refractivity contribution in [1.29, 1.82) is 5.26 Å². The van der Waals surface area contributed by atoms with Crippen molar-refractivity contribution in [2.45, 2.75) is 6.42 Å². The largest absolute Gasteiger partial charge is 0.496 e. The number of benzene rings is 1. The van der Waals surface area contributed by atoms with Crippen LogP contribution in [-0.4, -0.2) is 12.9 Å². The predicted molar refractivity (Wildman–Crippen MR) is 50.1 cm³/mol. The van der Waals surface area contributed by atoms with Crippen molar-refractivity contribution in [2.24, 2.45) is 5.92 Å². The van der Waals surface area contributed by atoms with Gasteiger partial charge in [-0.25, -0.2) is 0 Å². The minimum Gasteiger partial charge on any atom is -0.496 e. The average Bonchev–Trinajstić information content (AvgIpc) is 2.55. The fourth-order valence-corrected chi connectivity index (χ4v) is 1.79. The van der Waals surface area contributed by atoms with E-state index in [0.717, 1.165) is 5.56 Å². The molecule has 3 nitrogen and oxygen atoms in total. The van der Waals surface area contributed by atoms with Crippen LogP contribution in [0.5, 0.6) is 5.75 Å². The van der Waals surface area contributed by atoms with Gasteiger partial charge in [0, 0.05) is 11.1 Å². The van der Waals surface area contributed by atoms with Crippen LogP contribution in [0, 0.1) is 17.2 Å². The molecule has 0 fully saturated rings. The molecule has 0 heterocycles. The van der Waals surface area contributed by atoms with Crippen molar-refractivity contribution in [1.82, 2.24) is 0 Å². The summed E-state index contributed by atoms with van der Waals surface area (Å²) in [5, 5.41) is 8.76. The quantitative estimate of drug-likeness (QED) is 0.670. The van der Waals surface area contributed by atoms with Gasteiger partial charge in [0.1, 0.15) is 11.7 Å². The Labute approximate surface area is 81.9 Å². The lowest BCUT2D eigenvalue weighted by Gasteiger charge is -2.04. The summed E-state index contributed by atoms with van der Waals surface area (Å²) in [7, 11) is 1.57. The van der Waals surface area contributed by atoms with Gasteiger partial charge in [-0.15, -0.1) is 0 Å². The molecule has 2 rings (SSSR count). The second kappa shape index (κ2) is 3.15. The monoisotopic (exact) mass is 187 g/mol. The molecule has 0 N–H and O–H groups in total. The molecule has 0 aliphatic heterocycles. The lowest BCUT2D eigenvalue weighted by Crippen LogP contribution is -2.05. The van der Waals surface area contributed by atoms with Crippen LogP contribution in [0.15, 0.2) is 18.2 Å². The van der Waals surface area contributed by atoms with E-state index in [1.54, 1.807) is 19.2 Å². The van der Waals surface area contributed by atoms with Crippen molar-refractivity contribution in [3.05, 3.63) is 29.3 Å². The first-order chi connectivity index (χ1) is 6.77. The Kier molecular flexibility index (Phi) is 1.97. The highest BCUT2D eigenvalue weighted by atomic mass is 16.5. The third kappa shape index (κ3) is 1.08. The number of nitrogens with zero attached hydrogens (tertiary/aromatic N) is 1. The zero-order chi connectivity index (χ0) is 10.1. The van der Waals surface area contributed by atoms with Crippen molar-refractivity contribution >= 4 is 5.78 Å². The number of hydrogen-bond donors (Lipinski definition) is 0. The first-order valence-electron chi connectivity index (χ1n) is 4.37. The van der Waals surface area contributed by atoms with E-state index in [1.807, 2.05) is 12.1 Å². The summed E-state index contributed by atoms with van der Waals surface area (Å²) in [6.45, 7) is 0. The predicted octanol–water partition coefficient (Wildman–Crippen LogP) is 1.57. The van der Waals surface area contributed by atoms with Crippen LogP contribution in [-0.2, 0) is 6.42 Å². The lowest BCUT2D eigenvalue weighted by atomic mass is 10.1. The van der Waals surface area contributed by atoms with Gasteiger partial charge in [-0.05, 0) is 12.5 Å². The van der Waals surface area contributed by atoms with Crippen LogP contribution in [0.1, 0.15) is 15.9 Å². The van der Waals surface area contributed by atoms with Gasteiger partial charge in [0.25, 0.3) is 0 Å². The highest BCUT2D eigenvalue weighted by molar-refractivity contribution is 6.04. The Bertz CT molecular complexity index is 431. The van der Waals surface area contributed by atoms with E-state index >= 15 is 0 Å². The van der Waals surface area contributed by atoms with Gasteiger partial charge in [0.05, 0.1) is 13.2 Å². The SMILES string of the molecule is COc1cccc2c1CC(C#N)C2=O. The third-order valence-electron chi connectivity index (χ3n) is 2.50. The molecule has 1 aromatic carbocycles. The van der Waals surface area contributed by atoms with Crippen molar-refractivity contribution in [3.8, 4) is 11.8 Å². The maximum atomic E-state index is 11.6. The van der Waals surface area contributed by atoms with Gasteiger partial charge in [-0.1, -0.05) is 12.1 Å². The summed E-state index contributed by atoms with van der Waals surface area (Å²) in [5.74, 6) is 0.0938. The number of carbonyl (C=O) groups is 1. The van der Waals surface area contributed by atoms with E-state index in [1.165, 1.54) is 0 Å². The molecule has 0 aromatic heterocycles. The number of methoxy groups -OCH3 is 1. The highest BCUT2D eigenvalue weighted by Gasteiger charge is 2.32. The second-order valence-electron chi connectivity index (χ2n) is 3.24. The molecule has 1 aromatic rings. The summed E-state index contributed by atoms with van der Waals surface area (Å²) >= 11 is 0. The van der Waals surface area contributed by atoms with E-state index in [-0.39, 0.29) is 5.78 Å². The molecule has 1 unspecified atom stereocenters. The van der Waals surface area contributed by atoms with Gasteiger partial charge in [0.2, 0.25) is 0 Å². The standard InChI is InChI=1S/C11H9NO2/c1-14-10-4-2-3-8-9(10)5-7(6-12)11(8)13/h2-4,7H,5H2,1H3. The molecule has 0 amide bonds. The first kappa shape index (κ1) is 8.76. The average molecular weight is 187 g/mol. The Morgan fingerprint density at radius 2 is 2.36 bits per heavy atom. The van der Waals surface area contributed by atoms with Crippen molar-refractivity contribution in [3.63, 3.8) is 0 Å². The number of fused-ring (bicyclic) bond motifs is 1. The lowest BCUT2D eigenvalue weighted by molar-refractivity contribution is 0.0963. The molecule has 70 valence electrons. The van der Waals surface area contributed by atoms with Crippen LogP contribution in [0.25, 0.3) is 0 Å².